The molecule has 0 atom stereocenters. The Labute approximate surface area is 41.0 Å². The predicted molar refractivity (Wildman–Crippen MR) is 24.9 cm³/mol. The summed E-state index contributed by atoms with van der Waals surface area (Å²) in [4.78, 5) is 9.40. The Balaban J connectivity index is 3.14. The first kappa shape index (κ1) is 5.94. The van der Waals surface area contributed by atoms with Crippen LogP contribution in [0, 0.1) is 10.1 Å². The molecule has 0 heterocycles. The molecule has 0 aromatic heterocycles. The molecule has 4 heteroatoms. The maximum atomic E-state index is 9.40. The maximum Gasteiger partial charge on any atom is 0.161 e. The van der Waals surface area contributed by atoms with E-state index >= 15 is 0 Å². The summed E-state index contributed by atoms with van der Waals surface area (Å²) < 4.78 is 0. The Morgan fingerprint density at radius 3 is 2.57 bits per heavy atom. The largest absolute Gasteiger partial charge is 0.235 e. The molecule has 7 heavy (non-hydrogen) atoms. The molecule has 0 aliphatic rings. The summed E-state index contributed by atoms with van der Waals surface area (Å²) in [5, 5.41) is 8.78. The number of hydrazine groups is 1. The highest BCUT2D eigenvalue weighted by Gasteiger charge is 1.78. The van der Waals surface area contributed by atoms with E-state index in [4.69, 9.17) is 0 Å². The first-order valence-electron chi connectivity index (χ1n) is 1.79. The minimum Gasteiger partial charge on any atom is -0.235 e. The second-order valence-corrected chi connectivity index (χ2v) is 0.886. The molecule has 0 amide bonds. The zero-order valence-electron chi connectivity index (χ0n) is 3.92. The lowest BCUT2D eigenvalue weighted by Gasteiger charge is -1.80. The van der Waals surface area contributed by atoms with Gasteiger partial charge in [0.25, 0.3) is 0 Å². The van der Waals surface area contributed by atoms with Gasteiger partial charge in [-0.05, 0) is 6.92 Å². The molecular weight excluding hydrogens is 96.0 g/mol. The average Bonchev–Trinajstić information content (AvgIpc) is 1.61. The van der Waals surface area contributed by atoms with E-state index in [1.807, 2.05) is 5.43 Å². The van der Waals surface area contributed by atoms with Crippen LogP contribution in [-0.4, -0.2) is 5.03 Å². The van der Waals surface area contributed by atoms with Crippen molar-refractivity contribution in [1.82, 2.24) is 5.43 Å². The zero-order chi connectivity index (χ0) is 5.70. The number of hydrogen-bond donors (Lipinski definition) is 1. The van der Waals surface area contributed by atoms with Gasteiger partial charge in [0.1, 0.15) is 0 Å². The van der Waals surface area contributed by atoms with Crippen LogP contribution in [0.2, 0.25) is 0 Å². The van der Waals surface area contributed by atoms with E-state index in [1.54, 1.807) is 13.0 Å². The van der Waals surface area contributed by atoms with Gasteiger partial charge in [-0.15, -0.1) is 5.43 Å². The van der Waals surface area contributed by atoms with Gasteiger partial charge in [0, 0.05) is 0 Å². The molecule has 1 N–H and O–H groups in total. The van der Waals surface area contributed by atoms with Crippen LogP contribution in [0.4, 0.5) is 0 Å². The third-order valence-electron chi connectivity index (χ3n) is 0.347. The number of nitrogens with zero attached hydrogens (tertiary/aromatic N) is 1. The van der Waals surface area contributed by atoms with Crippen LogP contribution in [0.3, 0.4) is 0 Å². The molecule has 0 aromatic carbocycles. The van der Waals surface area contributed by atoms with E-state index in [-0.39, 0.29) is 0 Å². The van der Waals surface area contributed by atoms with Crippen molar-refractivity contribution < 1.29 is 5.03 Å². The number of nitro groups is 1. The van der Waals surface area contributed by atoms with Gasteiger partial charge < -0.3 is 0 Å². The summed E-state index contributed by atoms with van der Waals surface area (Å²) >= 11 is 0. The van der Waals surface area contributed by atoms with Gasteiger partial charge in [-0.1, -0.05) is 6.08 Å². The maximum absolute atomic E-state index is 9.40. The minimum absolute atomic E-state index is 0.625. The Morgan fingerprint density at radius 2 is 2.43 bits per heavy atom. The lowest BCUT2D eigenvalue weighted by molar-refractivity contribution is -0.532. The van der Waals surface area contributed by atoms with E-state index in [2.05, 4.69) is 0 Å². The van der Waals surface area contributed by atoms with E-state index in [0.717, 1.165) is 0 Å². The fraction of sp³-hybridized carbons (Fsp3) is 0.333. The monoisotopic (exact) mass is 102 g/mol. The van der Waals surface area contributed by atoms with E-state index < -0.39 is 5.03 Å². The fourth-order valence-electron chi connectivity index (χ4n) is 0.135. The summed E-state index contributed by atoms with van der Waals surface area (Å²) in [6.45, 7) is 1.69. The van der Waals surface area contributed by atoms with Crippen LogP contribution in [0.1, 0.15) is 6.92 Å². The van der Waals surface area contributed by atoms with Crippen LogP contribution in [0.15, 0.2) is 12.3 Å². The van der Waals surface area contributed by atoms with E-state index in [0.29, 0.717) is 0 Å². The Bertz CT molecular complexity index is 88.9. The van der Waals surface area contributed by atoms with Crippen molar-refractivity contribution in [3.05, 3.63) is 22.4 Å². The Kier molecular flexibility index (Phi) is 2.67. The quantitative estimate of drug-likeness (QED) is 0.403. The molecule has 0 bridgehead atoms. The summed E-state index contributed by atoms with van der Waals surface area (Å²) in [6.07, 6.45) is 2.79. The molecule has 0 saturated carbocycles. The van der Waals surface area contributed by atoms with Crippen LogP contribution in [0.25, 0.3) is 0 Å². The molecule has 0 aliphatic carbocycles. The van der Waals surface area contributed by atoms with Gasteiger partial charge >= 0.3 is 0 Å². The van der Waals surface area contributed by atoms with Gasteiger partial charge in [0.05, 0.1) is 6.20 Å². The standard InChI is InChI=1S/C3H6N2O2/c1-2-3-4-5(6)7/h2-4H,1H3/b3-2+. The van der Waals surface area contributed by atoms with Crippen LogP contribution >= 0.6 is 0 Å². The highest BCUT2D eigenvalue weighted by molar-refractivity contribution is 4.68. The third-order valence-corrected chi connectivity index (χ3v) is 0.347. The number of allylic oxidation sites excluding steroid dienone is 1. The van der Waals surface area contributed by atoms with Crippen molar-refractivity contribution in [2.75, 3.05) is 0 Å². The molecule has 0 spiro atoms. The second-order valence-electron chi connectivity index (χ2n) is 0.886. The van der Waals surface area contributed by atoms with Gasteiger partial charge in [-0.25, -0.2) is 10.1 Å². The SMILES string of the molecule is C/C=C/N[N+](=O)[O-]. The lowest BCUT2D eigenvalue weighted by atomic mass is 10.7. The van der Waals surface area contributed by atoms with Crippen LogP contribution in [0.5, 0.6) is 0 Å². The Hall–Kier alpha value is -1.06. The predicted octanol–water partition coefficient (Wildman–Crippen LogP) is 0.301. The van der Waals surface area contributed by atoms with Crippen molar-refractivity contribution in [1.29, 1.82) is 0 Å². The molecule has 0 unspecified atom stereocenters. The third kappa shape index (κ3) is 4.94. The highest BCUT2D eigenvalue weighted by Crippen LogP contribution is 1.60. The topological polar surface area (TPSA) is 55.2 Å². The Morgan fingerprint density at radius 1 is 1.86 bits per heavy atom. The van der Waals surface area contributed by atoms with Crippen molar-refractivity contribution in [3.8, 4) is 0 Å². The number of hydrogen-bond acceptors (Lipinski definition) is 2. The molecular formula is C3H6N2O2. The normalized spacial score (nSPS) is 9.29. The zero-order valence-corrected chi connectivity index (χ0v) is 3.92. The summed E-state index contributed by atoms with van der Waals surface area (Å²) in [6, 6.07) is 0. The molecule has 4 nitrogen and oxygen atoms in total. The molecule has 40 valence electrons. The van der Waals surface area contributed by atoms with Crippen molar-refractivity contribution in [2.45, 2.75) is 6.92 Å². The minimum atomic E-state index is -0.625. The first-order chi connectivity index (χ1) is 3.27. The van der Waals surface area contributed by atoms with Crippen LogP contribution in [-0.2, 0) is 0 Å². The number of rotatable bonds is 2. The van der Waals surface area contributed by atoms with Crippen molar-refractivity contribution in [2.24, 2.45) is 0 Å². The second kappa shape index (κ2) is 3.14. The summed E-state index contributed by atoms with van der Waals surface area (Å²) in [5.74, 6) is 0. The van der Waals surface area contributed by atoms with Gasteiger partial charge in [0.2, 0.25) is 0 Å². The first-order valence-corrected chi connectivity index (χ1v) is 1.79. The smallest absolute Gasteiger partial charge is 0.161 e. The molecule has 0 radical (unpaired) electrons. The van der Waals surface area contributed by atoms with Crippen molar-refractivity contribution in [3.63, 3.8) is 0 Å². The fourth-order valence-corrected chi connectivity index (χ4v) is 0.135. The summed E-state index contributed by atoms with van der Waals surface area (Å²) in [5.41, 5.74) is 1.84. The highest BCUT2D eigenvalue weighted by atomic mass is 16.7. The molecule has 0 aliphatic heterocycles. The van der Waals surface area contributed by atoms with E-state index in [1.165, 1.54) is 6.20 Å². The molecule has 0 aromatic rings. The van der Waals surface area contributed by atoms with Gasteiger partial charge in [0.15, 0.2) is 5.03 Å². The molecule has 0 rings (SSSR count). The molecule has 0 fully saturated rings. The van der Waals surface area contributed by atoms with Gasteiger partial charge in [-0.3, -0.25) is 0 Å². The summed E-state index contributed by atoms with van der Waals surface area (Å²) in [7, 11) is 0. The average molecular weight is 102 g/mol. The molecule has 0 saturated heterocycles. The van der Waals surface area contributed by atoms with Crippen molar-refractivity contribution >= 4 is 0 Å². The number of nitrogens with one attached hydrogen (secondary N) is 1. The van der Waals surface area contributed by atoms with Gasteiger partial charge in [-0.2, -0.15) is 0 Å². The van der Waals surface area contributed by atoms with E-state index in [9.17, 15) is 10.1 Å². The lowest BCUT2D eigenvalue weighted by Crippen LogP contribution is -2.12. The van der Waals surface area contributed by atoms with Crippen LogP contribution < -0.4 is 5.43 Å².